The third kappa shape index (κ3) is 22.2. The van der Waals surface area contributed by atoms with Gasteiger partial charge >= 0.3 is 0 Å². The van der Waals surface area contributed by atoms with E-state index in [1.54, 1.807) is 5.80 Å². The monoisotopic (exact) mass is 660 g/mol. The van der Waals surface area contributed by atoms with E-state index in [-0.39, 0.29) is 19.8 Å². The molecule has 1 rings (SSSR count). The van der Waals surface area contributed by atoms with Crippen LogP contribution in [0.4, 0.5) is 0 Å². The first-order valence-electron chi connectivity index (χ1n) is 20.1. The van der Waals surface area contributed by atoms with E-state index < -0.39 is 5.91 Å². The van der Waals surface area contributed by atoms with Gasteiger partial charge in [-0.1, -0.05) is 194 Å². The number of hydrogen-bond acceptors (Lipinski definition) is 3. The van der Waals surface area contributed by atoms with Crippen LogP contribution in [-0.2, 0) is 0 Å². The number of rotatable bonds is 35. The lowest BCUT2D eigenvalue weighted by atomic mass is 9.96. The maximum atomic E-state index is 13.2. The molecule has 1 amide bonds. The number of carbonyl (C=O) groups is 3. The van der Waals surface area contributed by atoms with Crippen molar-refractivity contribution in [1.29, 1.82) is 0 Å². The number of unbranched alkanes of at least 4 members (excludes halogenated alkanes) is 28. The number of nitrogens with two attached hydrogens (primary N) is 1. The van der Waals surface area contributed by atoms with Gasteiger partial charge in [-0.3, -0.25) is 14.4 Å². The molecular weight excluding hydrogens is 585 g/mol. The fraction of sp³-hybridized carbons (Fsp3) is 0.829. The first-order valence-corrected chi connectivity index (χ1v) is 21.2. The molecule has 0 radical (unpaired) electrons. The van der Waals surface area contributed by atoms with Crippen LogP contribution in [0.15, 0.2) is 5.80 Å². The SMILES string of the molecule is CCCCCCCCCCCCCCCCCC(=O)c1c[pH]c(C(N)=O)c1C(=O)CCCCCCCCCCCCCCCCC. The Hall–Kier alpha value is -1.41. The molecule has 2 N–H and O–H groups in total. The van der Waals surface area contributed by atoms with Crippen molar-refractivity contribution in [3.8, 4) is 0 Å². The van der Waals surface area contributed by atoms with Gasteiger partial charge in [0.1, 0.15) is 0 Å². The van der Waals surface area contributed by atoms with E-state index >= 15 is 0 Å². The van der Waals surface area contributed by atoms with E-state index in [2.05, 4.69) is 13.8 Å². The Balaban J connectivity index is 2.16. The Bertz CT molecular complexity index is 892. The number of primary amides is 1. The van der Waals surface area contributed by atoms with Crippen molar-refractivity contribution < 1.29 is 14.4 Å². The second-order valence-corrected chi connectivity index (χ2v) is 15.1. The van der Waals surface area contributed by atoms with Crippen LogP contribution in [0.3, 0.4) is 0 Å². The lowest BCUT2D eigenvalue weighted by Crippen LogP contribution is -2.16. The minimum atomic E-state index is -0.552. The molecule has 1 aromatic heterocycles. The molecule has 0 saturated heterocycles. The van der Waals surface area contributed by atoms with Gasteiger partial charge in [-0.15, -0.1) is 8.19 Å². The van der Waals surface area contributed by atoms with Gasteiger partial charge in [-0.2, -0.15) is 0 Å². The molecule has 0 aliphatic heterocycles. The zero-order chi connectivity index (χ0) is 33.5. The summed E-state index contributed by atoms with van der Waals surface area (Å²) in [6.07, 6.45) is 39.5. The lowest BCUT2D eigenvalue weighted by Gasteiger charge is -2.07. The molecule has 0 aliphatic rings. The average molecular weight is 660 g/mol. The molecule has 0 aromatic carbocycles. The van der Waals surface area contributed by atoms with Crippen molar-refractivity contribution in [1.82, 2.24) is 0 Å². The van der Waals surface area contributed by atoms with Gasteiger partial charge in [0.25, 0.3) is 5.91 Å². The van der Waals surface area contributed by atoms with Crippen molar-refractivity contribution in [2.24, 2.45) is 5.73 Å². The Labute approximate surface area is 286 Å². The lowest BCUT2D eigenvalue weighted by molar-refractivity contribution is 0.0939. The molecule has 0 aliphatic carbocycles. The second-order valence-electron chi connectivity index (χ2n) is 14.1. The molecular formula is C41H74NO3P. The van der Waals surface area contributed by atoms with E-state index in [9.17, 15) is 14.4 Å². The molecule has 1 aromatic rings. The molecule has 0 spiro atoms. The van der Waals surface area contributed by atoms with Crippen LogP contribution >= 0.6 is 8.19 Å². The van der Waals surface area contributed by atoms with Gasteiger partial charge in [0.2, 0.25) is 0 Å². The zero-order valence-corrected chi connectivity index (χ0v) is 31.5. The largest absolute Gasteiger partial charge is 0.365 e. The Morgan fingerprint density at radius 1 is 0.457 bits per heavy atom. The van der Waals surface area contributed by atoms with E-state index in [0.29, 0.717) is 29.3 Å². The zero-order valence-electron chi connectivity index (χ0n) is 30.5. The van der Waals surface area contributed by atoms with Crippen LogP contribution in [-0.4, -0.2) is 17.5 Å². The third-order valence-corrected chi connectivity index (χ3v) is 10.9. The van der Waals surface area contributed by atoms with Crippen LogP contribution < -0.4 is 5.73 Å². The Morgan fingerprint density at radius 2 is 0.739 bits per heavy atom. The highest BCUT2D eigenvalue weighted by molar-refractivity contribution is 7.32. The molecule has 4 nitrogen and oxygen atoms in total. The molecule has 1 atom stereocenters. The quantitative estimate of drug-likeness (QED) is 0.0582. The van der Waals surface area contributed by atoms with Gasteiger partial charge in [0.15, 0.2) is 11.6 Å². The Kier molecular flexibility index (Phi) is 28.6. The molecule has 46 heavy (non-hydrogen) atoms. The predicted octanol–water partition coefficient (Wildman–Crippen LogP) is 13.7. The van der Waals surface area contributed by atoms with Crippen molar-refractivity contribution in [2.45, 2.75) is 219 Å². The average Bonchev–Trinajstić information content (AvgIpc) is 3.51. The summed E-state index contributed by atoms with van der Waals surface area (Å²) in [5, 5.41) is 0.366. The summed E-state index contributed by atoms with van der Waals surface area (Å²) in [5.41, 5.74) is 6.45. The van der Waals surface area contributed by atoms with Crippen molar-refractivity contribution >= 4 is 25.7 Å². The summed E-state index contributed by atoms with van der Waals surface area (Å²) in [4.78, 5) is 38.3. The summed E-state index contributed by atoms with van der Waals surface area (Å²) in [6.45, 7) is 4.54. The second kappa shape index (κ2) is 30.9. The fourth-order valence-corrected chi connectivity index (χ4v) is 7.86. The smallest absolute Gasteiger partial charge is 0.253 e. The van der Waals surface area contributed by atoms with Crippen LogP contribution in [0.2, 0.25) is 0 Å². The molecule has 266 valence electrons. The normalized spacial score (nSPS) is 11.5. The van der Waals surface area contributed by atoms with Crippen LogP contribution in [0.1, 0.15) is 250 Å². The van der Waals surface area contributed by atoms with Crippen LogP contribution in [0.5, 0.6) is 0 Å². The van der Waals surface area contributed by atoms with E-state index in [1.165, 1.54) is 161 Å². The van der Waals surface area contributed by atoms with Crippen LogP contribution in [0, 0.1) is 0 Å². The maximum Gasteiger partial charge on any atom is 0.253 e. The third-order valence-electron chi connectivity index (χ3n) is 9.72. The topological polar surface area (TPSA) is 77.2 Å². The minimum absolute atomic E-state index is 0.0123. The molecule has 0 bridgehead atoms. The highest BCUT2D eigenvalue weighted by atomic mass is 31.0. The molecule has 5 heteroatoms. The van der Waals surface area contributed by atoms with E-state index in [1.807, 2.05) is 0 Å². The van der Waals surface area contributed by atoms with Crippen LogP contribution in [0.25, 0.3) is 0 Å². The maximum absolute atomic E-state index is 13.2. The van der Waals surface area contributed by atoms with Gasteiger partial charge in [-0.25, -0.2) is 0 Å². The summed E-state index contributed by atoms with van der Waals surface area (Å²) < 4.78 is 0. The summed E-state index contributed by atoms with van der Waals surface area (Å²) in [7, 11) is 0.0355. The van der Waals surface area contributed by atoms with E-state index in [4.69, 9.17) is 5.73 Å². The predicted molar refractivity (Wildman–Crippen MR) is 202 cm³/mol. The van der Waals surface area contributed by atoms with Crippen molar-refractivity contribution in [2.75, 3.05) is 0 Å². The minimum Gasteiger partial charge on any atom is -0.365 e. The fourth-order valence-electron chi connectivity index (χ4n) is 6.70. The molecule has 1 heterocycles. The highest BCUT2D eigenvalue weighted by Gasteiger charge is 2.24. The summed E-state index contributed by atoms with van der Waals surface area (Å²) in [6, 6.07) is 0. The van der Waals surface area contributed by atoms with Gasteiger partial charge in [0.05, 0.1) is 5.30 Å². The molecule has 1 unspecified atom stereocenters. The number of Topliss-reactive ketones (excluding diaryl/α,β-unsaturated/α-hetero) is 2. The van der Waals surface area contributed by atoms with E-state index in [0.717, 1.165) is 32.1 Å². The van der Waals surface area contributed by atoms with Gasteiger partial charge < -0.3 is 5.73 Å². The van der Waals surface area contributed by atoms with Crippen molar-refractivity contribution in [3.05, 3.63) is 22.2 Å². The number of carbonyl (C=O) groups excluding carboxylic acids is 3. The van der Waals surface area contributed by atoms with Gasteiger partial charge in [-0.05, 0) is 18.6 Å². The molecule has 0 saturated carbocycles. The number of amides is 1. The van der Waals surface area contributed by atoms with Gasteiger partial charge in [0, 0.05) is 24.0 Å². The highest BCUT2D eigenvalue weighted by Crippen LogP contribution is 2.30. The number of hydrogen-bond donors (Lipinski definition) is 1. The Morgan fingerprint density at radius 3 is 1.04 bits per heavy atom. The number of ketones is 2. The first-order chi connectivity index (χ1) is 22.5. The first kappa shape index (κ1) is 42.6. The summed E-state index contributed by atoms with van der Waals surface area (Å²) >= 11 is 0. The molecule has 0 fully saturated rings. The van der Waals surface area contributed by atoms with Crippen molar-refractivity contribution in [3.63, 3.8) is 0 Å². The summed E-state index contributed by atoms with van der Waals surface area (Å²) in [5.74, 6) is 1.19. The standard InChI is InChI=1S/C41H74NO3P/c1-3-5-7-9-11-13-15-17-19-21-23-25-27-29-31-33-37(43)36-35-46-40(41(42)45)39(36)38(44)34-32-30-28-26-24-22-20-18-16-14-12-10-8-6-4-2/h35,46H,3-34H2,1-2H3,(H2,42,45).